The zero-order valence-electron chi connectivity index (χ0n) is 8.44. The van der Waals surface area contributed by atoms with Crippen molar-refractivity contribution in [2.24, 2.45) is 5.92 Å². The summed E-state index contributed by atoms with van der Waals surface area (Å²) in [5.74, 6) is 0.192. The number of nitrogens with one attached hydrogen (secondary N) is 2. The fourth-order valence-electron chi connectivity index (χ4n) is 1.69. The summed E-state index contributed by atoms with van der Waals surface area (Å²) in [6.45, 7) is 1.84. The largest absolute Gasteiger partial charge is 0.323 e. The number of rotatable bonds is 2. The second-order valence-corrected chi connectivity index (χ2v) is 3.64. The molecule has 1 aromatic heterocycles. The maximum absolute atomic E-state index is 11.8. The number of amides is 1. The van der Waals surface area contributed by atoms with Gasteiger partial charge in [-0.15, -0.1) is 0 Å². The molecular formula is C10H14N4O. The molecule has 1 aliphatic heterocycles. The van der Waals surface area contributed by atoms with E-state index in [2.05, 4.69) is 20.6 Å². The van der Waals surface area contributed by atoms with Crippen LogP contribution in [0.3, 0.4) is 0 Å². The molecule has 1 aliphatic rings. The summed E-state index contributed by atoms with van der Waals surface area (Å²) in [4.78, 5) is 19.5. The van der Waals surface area contributed by atoms with E-state index in [1.165, 1.54) is 6.33 Å². The summed E-state index contributed by atoms with van der Waals surface area (Å²) in [5.41, 5.74) is 0.668. The molecule has 0 bridgehead atoms. The Balaban J connectivity index is 1.91. The van der Waals surface area contributed by atoms with Crippen molar-refractivity contribution in [2.75, 3.05) is 18.4 Å². The Morgan fingerprint density at radius 2 is 2.00 bits per heavy atom. The summed E-state index contributed by atoms with van der Waals surface area (Å²) in [6, 6.07) is 0. The highest BCUT2D eigenvalue weighted by Gasteiger charge is 2.20. The summed E-state index contributed by atoms with van der Waals surface area (Å²) < 4.78 is 0. The molecule has 0 spiro atoms. The molecule has 15 heavy (non-hydrogen) atoms. The molecule has 0 unspecified atom stereocenters. The lowest BCUT2D eigenvalue weighted by molar-refractivity contribution is -0.120. The van der Waals surface area contributed by atoms with Crippen molar-refractivity contribution < 1.29 is 4.79 Å². The van der Waals surface area contributed by atoms with Crippen molar-refractivity contribution in [3.8, 4) is 0 Å². The van der Waals surface area contributed by atoms with Crippen LogP contribution in [0.4, 0.5) is 5.69 Å². The van der Waals surface area contributed by atoms with Gasteiger partial charge in [0.2, 0.25) is 5.91 Å². The SMILES string of the molecule is O=C(Nc1cncnc1)C1CCNCC1. The van der Waals surface area contributed by atoms with E-state index >= 15 is 0 Å². The molecule has 5 nitrogen and oxygen atoms in total. The normalized spacial score (nSPS) is 17.3. The number of carbonyl (C=O) groups is 1. The van der Waals surface area contributed by atoms with Gasteiger partial charge in [0.05, 0.1) is 18.1 Å². The van der Waals surface area contributed by atoms with Gasteiger partial charge >= 0.3 is 0 Å². The van der Waals surface area contributed by atoms with Crippen LogP contribution in [-0.2, 0) is 4.79 Å². The number of nitrogens with zero attached hydrogens (tertiary/aromatic N) is 2. The van der Waals surface area contributed by atoms with Gasteiger partial charge in [-0.25, -0.2) is 9.97 Å². The minimum atomic E-state index is 0.0753. The number of carbonyl (C=O) groups excluding carboxylic acids is 1. The highest BCUT2D eigenvalue weighted by Crippen LogP contribution is 2.14. The van der Waals surface area contributed by atoms with Crippen molar-refractivity contribution in [3.63, 3.8) is 0 Å². The van der Waals surface area contributed by atoms with Crippen molar-refractivity contribution in [1.29, 1.82) is 0 Å². The van der Waals surface area contributed by atoms with Crippen LogP contribution < -0.4 is 10.6 Å². The van der Waals surface area contributed by atoms with Crippen LogP contribution in [0.15, 0.2) is 18.7 Å². The molecular weight excluding hydrogens is 192 g/mol. The molecule has 0 aromatic carbocycles. The Labute approximate surface area is 88.3 Å². The standard InChI is InChI=1S/C10H14N4O/c15-10(8-1-3-11-4-2-8)14-9-5-12-7-13-6-9/h5-8,11H,1-4H2,(H,14,15). The molecule has 1 saturated heterocycles. The minimum Gasteiger partial charge on any atom is -0.323 e. The van der Waals surface area contributed by atoms with E-state index < -0.39 is 0 Å². The first-order valence-electron chi connectivity index (χ1n) is 5.13. The third-order valence-electron chi connectivity index (χ3n) is 2.54. The van der Waals surface area contributed by atoms with E-state index in [0.29, 0.717) is 5.69 Å². The first-order chi connectivity index (χ1) is 7.36. The Morgan fingerprint density at radius 3 is 2.67 bits per heavy atom. The molecule has 0 atom stereocenters. The number of hydrogen-bond donors (Lipinski definition) is 2. The van der Waals surface area contributed by atoms with E-state index in [1.54, 1.807) is 12.4 Å². The number of hydrogen-bond acceptors (Lipinski definition) is 4. The third kappa shape index (κ3) is 2.73. The second-order valence-electron chi connectivity index (χ2n) is 3.64. The molecule has 1 fully saturated rings. The van der Waals surface area contributed by atoms with E-state index in [4.69, 9.17) is 0 Å². The zero-order chi connectivity index (χ0) is 10.5. The fraction of sp³-hybridized carbons (Fsp3) is 0.500. The fourth-order valence-corrected chi connectivity index (χ4v) is 1.69. The zero-order valence-corrected chi connectivity index (χ0v) is 8.44. The Morgan fingerprint density at radius 1 is 1.33 bits per heavy atom. The monoisotopic (exact) mass is 206 g/mol. The van der Waals surface area contributed by atoms with Gasteiger partial charge in [-0.3, -0.25) is 4.79 Å². The molecule has 1 aromatic rings. The topological polar surface area (TPSA) is 66.9 Å². The number of anilines is 1. The predicted octanol–water partition coefficient (Wildman–Crippen LogP) is 0.415. The van der Waals surface area contributed by atoms with Crippen LogP contribution in [0.2, 0.25) is 0 Å². The molecule has 2 heterocycles. The predicted molar refractivity (Wildman–Crippen MR) is 56.3 cm³/mol. The maximum Gasteiger partial charge on any atom is 0.227 e. The van der Waals surface area contributed by atoms with Gasteiger partial charge in [-0.1, -0.05) is 0 Å². The maximum atomic E-state index is 11.8. The minimum absolute atomic E-state index is 0.0753. The van der Waals surface area contributed by atoms with Gasteiger partial charge in [0.1, 0.15) is 6.33 Å². The second kappa shape index (κ2) is 4.84. The smallest absolute Gasteiger partial charge is 0.227 e. The van der Waals surface area contributed by atoms with Crippen molar-refractivity contribution in [3.05, 3.63) is 18.7 Å². The molecule has 2 N–H and O–H groups in total. The van der Waals surface area contributed by atoms with E-state index in [-0.39, 0.29) is 11.8 Å². The first-order valence-corrected chi connectivity index (χ1v) is 5.13. The van der Waals surface area contributed by atoms with Crippen molar-refractivity contribution >= 4 is 11.6 Å². The number of piperidine rings is 1. The lowest BCUT2D eigenvalue weighted by Gasteiger charge is -2.21. The Hall–Kier alpha value is -1.49. The van der Waals surface area contributed by atoms with Crippen LogP contribution >= 0.6 is 0 Å². The summed E-state index contributed by atoms with van der Waals surface area (Å²) in [6.07, 6.45) is 6.46. The van der Waals surface area contributed by atoms with Crippen molar-refractivity contribution in [1.82, 2.24) is 15.3 Å². The molecule has 0 aliphatic carbocycles. The molecule has 1 amide bonds. The van der Waals surface area contributed by atoms with Crippen molar-refractivity contribution in [2.45, 2.75) is 12.8 Å². The van der Waals surface area contributed by atoms with Gasteiger partial charge in [-0.05, 0) is 25.9 Å². The van der Waals surface area contributed by atoms with Crippen LogP contribution in [-0.4, -0.2) is 29.0 Å². The van der Waals surface area contributed by atoms with Crippen LogP contribution in [0, 0.1) is 5.92 Å². The lowest BCUT2D eigenvalue weighted by Crippen LogP contribution is -2.34. The lowest BCUT2D eigenvalue weighted by atomic mass is 9.97. The average Bonchev–Trinajstić information content (AvgIpc) is 2.31. The van der Waals surface area contributed by atoms with Crippen LogP contribution in [0.25, 0.3) is 0 Å². The van der Waals surface area contributed by atoms with Gasteiger partial charge < -0.3 is 10.6 Å². The van der Waals surface area contributed by atoms with Crippen LogP contribution in [0.1, 0.15) is 12.8 Å². The highest BCUT2D eigenvalue weighted by atomic mass is 16.1. The summed E-state index contributed by atoms with van der Waals surface area (Å²) in [7, 11) is 0. The Bertz CT molecular complexity index is 321. The van der Waals surface area contributed by atoms with E-state index in [0.717, 1.165) is 25.9 Å². The highest BCUT2D eigenvalue weighted by molar-refractivity contribution is 5.92. The van der Waals surface area contributed by atoms with E-state index in [9.17, 15) is 4.79 Å². The van der Waals surface area contributed by atoms with Gasteiger partial charge in [0.25, 0.3) is 0 Å². The summed E-state index contributed by atoms with van der Waals surface area (Å²) in [5, 5.41) is 6.05. The van der Waals surface area contributed by atoms with Gasteiger partial charge in [-0.2, -0.15) is 0 Å². The van der Waals surface area contributed by atoms with E-state index in [1.807, 2.05) is 0 Å². The average molecular weight is 206 g/mol. The molecule has 5 heteroatoms. The van der Waals surface area contributed by atoms with Gasteiger partial charge in [0.15, 0.2) is 0 Å². The van der Waals surface area contributed by atoms with Gasteiger partial charge in [0, 0.05) is 5.92 Å². The molecule has 2 rings (SSSR count). The quantitative estimate of drug-likeness (QED) is 0.735. The first kappa shape index (κ1) is 10.0. The molecule has 80 valence electrons. The Kier molecular flexibility index (Phi) is 3.24. The molecule has 0 saturated carbocycles. The molecule has 0 radical (unpaired) electrons. The van der Waals surface area contributed by atoms with Crippen LogP contribution in [0.5, 0.6) is 0 Å². The number of aromatic nitrogens is 2. The third-order valence-corrected chi connectivity index (χ3v) is 2.54. The summed E-state index contributed by atoms with van der Waals surface area (Å²) >= 11 is 0.